The first-order valence-electron chi connectivity index (χ1n) is 12.8. The molecule has 0 aliphatic carbocycles. The summed E-state index contributed by atoms with van der Waals surface area (Å²) < 4.78 is 1.97. The number of nitrogens with zero attached hydrogens (tertiary/aromatic N) is 5. The summed E-state index contributed by atoms with van der Waals surface area (Å²) in [6, 6.07) is 8.36. The predicted molar refractivity (Wildman–Crippen MR) is 136 cm³/mol. The summed E-state index contributed by atoms with van der Waals surface area (Å²) in [4.78, 5) is 51.0. The number of carbonyl (C=O) groups is 3. The zero-order chi connectivity index (χ0) is 25.2. The lowest BCUT2D eigenvalue weighted by molar-refractivity contribution is -0.140. The van der Waals surface area contributed by atoms with E-state index < -0.39 is 6.04 Å². The summed E-state index contributed by atoms with van der Waals surface area (Å²) in [6.07, 6.45) is 10.5. The van der Waals surface area contributed by atoms with Crippen molar-refractivity contribution in [3.63, 3.8) is 0 Å². The van der Waals surface area contributed by atoms with E-state index in [1.807, 2.05) is 21.7 Å². The maximum atomic E-state index is 13.4. The highest BCUT2D eigenvalue weighted by Gasteiger charge is 2.31. The quantitative estimate of drug-likeness (QED) is 0.330. The van der Waals surface area contributed by atoms with Gasteiger partial charge in [0.2, 0.25) is 11.8 Å². The number of aryl methyl sites for hydroxylation is 1. The van der Waals surface area contributed by atoms with E-state index in [9.17, 15) is 14.4 Å². The highest BCUT2D eigenvalue weighted by Crippen LogP contribution is 2.14. The number of benzene rings is 1. The molecule has 3 heterocycles. The third-order valence-corrected chi connectivity index (χ3v) is 6.55. The molecule has 2 N–H and O–H groups in total. The third-order valence-electron chi connectivity index (χ3n) is 6.55. The summed E-state index contributed by atoms with van der Waals surface area (Å²) in [5.74, 6) is -0.133. The minimum absolute atomic E-state index is 0.00673. The summed E-state index contributed by atoms with van der Waals surface area (Å²) in [7, 11) is 0. The van der Waals surface area contributed by atoms with Gasteiger partial charge in [-0.1, -0.05) is 18.2 Å². The van der Waals surface area contributed by atoms with E-state index in [0.717, 1.165) is 51.7 Å². The fourth-order valence-corrected chi connectivity index (χ4v) is 4.54. The van der Waals surface area contributed by atoms with Gasteiger partial charge in [0.25, 0.3) is 5.91 Å². The second-order valence-corrected chi connectivity index (χ2v) is 9.24. The van der Waals surface area contributed by atoms with Gasteiger partial charge in [0.15, 0.2) is 5.96 Å². The molecule has 1 unspecified atom stereocenters. The average Bonchev–Trinajstić information content (AvgIpc) is 3.59. The molecule has 2 saturated heterocycles. The first-order chi connectivity index (χ1) is 17.6. The van der Waals surface area contributed by atoms with Crippen LogP contribution < -0.4 is 10.6 Å². The molecule has 2 aliphatic heterocycles. The molecule has 1 aromatic carbocycles. The Morgan fingerprint density at radius 1 is 1.06 bits per heavy atom. The van der Waals surface area contributed by atoms with Crippen LogP contribution in [0.4, 0.5) is 0 Å². The number of hydrogen-bond acceptors (Lipinski definition) is 5. The van der Waals surface area contributed by atoms with Crippen molar-refractivity contribution in [1.29, 1.82) is 0 Å². The van der Waals surface area contributed by atoms with E-state index in [1.165, 1.54) is 0 Å². The molecule has 4 rings (SSSR count). The van der Waals surface area contributed by atoms with Crippen molar-refractivity contribution >= 4 is 23.7 Å². The molecule has 10 heteroatoms. The molecule has 2 aromatic rings. The molecule has 2 fully saturated rings. The van der Waals surface area contributed by atoms with E-state index in [-0.39, 0.29) is 30.2 Å². The predicted octanol–water partition coefficient (Wildman–Crippen LogP) is 1.65. The molecule has 0 radical (unpaired) electrons. The summed E-state index contributed by atoms with van der Waals surface area (Å²) in [5.41, 5.74) is 0.510. The Morgan fingerprint density at radius 3 is 2.58 bits per heavy atom. The number of amides is 3. The second-order valence-electron chi connectivity index (χ2n) is 9.24. The topological polar surface area (TPSA) is 112 Å². The number of rotatable bonds is 8. The zero-order valence-electron chi connectivity index (χ0n) is 20.6. The van der Waals surface area contributed by atoms with Gasteiger partial charge in [-0.15, -0.1) is 0 Å². The van der Waals surface area contributed by atoms with E-state index >= 15 is 0 Å². The third kappa shape index (κ3) is 7.16. The highest BCUT2D eigenvalue weighted by molar-refractivity contribution is 6.06. The van der Waals surface area contributed by atoms with Gasteiger partial charge in [0.1, 0.15) is 6.04 Å². The lowest BCUT2D eigenvalue weighted by atomic mass is 10.1. The van der Waals surface area contributed by atoms with Crippen LogP contribution >= 0.6 is 0 Å². The van der Waals surface area contributed by atoms with E-state index in [0.29, 0.717) is 25.1 Å². The smallest absolute Gasteiger partial charge is 0.257 e. The molecule has 3 amide bonds. The Labute approximate surface area is 211 Å². The highest BCUT2D eigenvalue weighted by atomic mass is 16.2. The Bertz CT molecular complexity index is 1030. The van der Waals surface area contributed by atoms with E-state index in [4.69, 9.17) is 0 Å². The van der Waals surface area contributed by atoms with Crippen LogP contribution in [0.1, 0.15) is 48.9 Å². The van der Waals surface area contributed by atoms with Crippen LogP contribution in [0.25, 0.3) is 0 Å². The maximum Gasteiger partial charge on any atom is 0.257 e. The number of carbonyl (C=O) groups excluding carboxylic acids is 3. The van der Waals surface area contributed by atoms with Crippen LogP contribution in [0.5, 0.6) is 0 Å². The van der Waals surface area contributed by atoms with Crippen molar-refractivity contribution in [2.45, 2.75) is 51.1 Å². The fraction of sp³-hybridized carbons (Fsp3) is 0.500. The minimum Gasteiger partial charge on any atom is -0.344 e. The Balaban J connectivity index is 1.42. The van der Waals surface area contributed by atoms with Gasteiger partial charge < -0.3 is 19.7 Å². The number of aromatic nitrogens is 2. The van der Waals surface area contributed by atoms with Gasteiger partial charge in [-0.05, 0) is 50.7 Å². The van der Waals surface area contributed by atoms with Crippen molar-refractivity contribution in [1.82, 2.24) is 30.0 Å². The SMILES string of the molecule is O=C(NC(=NCCCn1ccnc1)NC1CCCCN(CC(=O)N2CCCC2)C1=O)c1ccccc1. The molecule has 10 nitrogen and oxygen atoms in total. The van der Waals surface area contributed by atoms with Crippen LogP contribution in [-0.4, -0.2) is 81.8 Å². The lowest BCUT2D eigenvalue weighted by Gasteiger charge is -2.27. The van der Waals surface area contributed by atoms with Gasteiger partial charge in [-0.3, -0.25) is 24.7 Å². The molecule has 0 spiro atoms. The number of aliphatic imine (C=N–C) groups is 1. The van der Waals surface area contributed by atoms with E-state index in [2.05, 4.69) is 20.6 Å². The zero-order valence-corrected chi connectivity index (χ0v) is 20.6. The van der Waals surface area contributed by atoms with Crippen molar-refractivity contribution < 1.29 is 14.4 Å². The van der Waals surface area contributed by atoms with Crippen molar-refractivity contribution in [2.24, 2.45) is 4.99 Å². The van der Waals surface area contributed by atoms with Crippen LogP contribution in [0.3, 0.4) is 0 Å². The Kier molecular flexibility index (Phi) is 9.07. The number of imidazole rings is 1. The minimum atomic E-state index is -0.553. The molecule has 2 aliphatic rings. The summed E-state index contributed by atoms with van der Waals surface area (Å²) in [5, 5.41) is 6.05. The Morgan fingerprint density at radius 2 is 1.83 bits per heavy atom. The van der Waals surface area contributed by atoms with Crippen LogP contribution in [0, 0.1) is 0 Å². The lowest BCUT2D eigenvalue weighted by Crippen LogP contribution is -2.53. The van der Waals surface area contributed by atoms with E-state index in [1.54, 1.807) is 41.7 Å². The molecular formula is C26H35N7O3. The molecule has 0 bridgehead atoms. The first-order valence-corrected chi connectivity index (χ1v) is 12.8. The number of hydrogen-bond donors (Lipinski definition) is 2. The standard InChI is InChI=1S/C26H35N7O3/c34-23(32-15-6-7-16-32)19-33-17-5-4-11-22(25(33)36)29-26(28-12-8-14-31-18-13-27-20-31)30-24(35)21-9-2-1-3-10-21/h1-3,9-10,13,18,20,22H,4-8,11-12,14-17,19H2,(H2,28,29,30,35). The number of nitrogens with one attached hydrogen (secondary N) is 2. The average molecular weight is 494 g/mol. The number of guanidine groups is 1. The van der Waals surface area contributed by atoms with Gasteiger partial charge in [0.05, 0.1) is 12.9 Å². The molecular weight excluding hydrogens is 458 g/mol. The molecule has 1 aromatic heterocycles. The monoisotopic (exact) mass is 493 g/mol. The van der Waals surface area contributed by atoms with Crippen molar-refractivity contribution in [2.75, 3.05) is 32.7 Å². The molecule has 36 heavy (non-hydrogen) atoms. The van der Waals surface area contributed by atoms with Gasteiger partial charge >= 0.3 is 0 Å². The maximum absolute atomic E-state index is 13.4. The van der Waals surface area contributed by atoms with Gasteiger partial charge in [-0.25, -0.2) is 4.98 Å². The Hall–Kier alpha value is -3.69. The van der Waals surface area contributed by atoms with Crippen molar-refractivity contribution in [3.05, 3.63) is 54.6 Å². The summed E-state index contributed by atoms with van der Waals surface area (Å²) >= 11 is 0. The fourth-order valence-electron chi connectivity index (χ4n) is 4.54. The first kappa shape index (κ1) is 25.4. The molecule has 192 valence electrons. The van der Waals surface area contributed by atoms with Gasteiger partial charge in [-0.2, -0.15) is 0 Å². The van der Waals surface area contributed by atoms with Crippen molar-refractivity contribution in [3.8, 4) is 0 Å². The second kappa shape index (κ2) is 12.9. The number of likely N-dealkylation sites (tertiary alicyclic amines) is 2. The van der Waals surface area contributed by atoms with Crippen LogP contribution in [-0.2, 0) is 16.1 Å². The normalized spacial score (nSPS) is 18.7. The summed E-state index contributed by atoms with van der Waals surface area (Å²) in [6.45, 7) is 3.41. The van der Waals surface area contributed by atoms with Gasteiger partial charge in [0, 0.05) is 50.7 Å². The largest absolute Gasteiger partial charge is 0.344 e. The molecule has 0 saturated carbocycles. The molecule has 1 atom stereocenters. The van der Waals surface area contributed by atoms with Crippen LogP contribution in [0.2, 0.25) is 0 Å². The van der Waals surface area contributed by atoms with Crippen LogP contribution in [0.15, 0.2) is 54.0 Å².